The van der Waals surface area contributed by atoms with Gasteiger partial charge in [-0.05, 0) is 18.9 Å². The lowest BCUT2D eigenvalue weighted by Gasteiger charge is -2.14. The second-order valence-corrected chi connectivity index (χ2v) is 4.85. The van der Waals surface area contributed by atoms with E-state index in [0.717, 1.165) is 24.9 Å². The van der Waals surface area contributed by atoms with Crippen LogP contribution in [0.4, 0.5) is 0 Å². The summed E-state index contributed by atoms with van der Waals surface area (Å²) < 4.78 is 6.89. The maximum atomic E-state index is 12.3. The highest BCUT2D eigenvalue weighted by atomic mass is 16.5. The summed E-state index contributed by atoms with van der Waals surface area (Å²) >= 11 is 0. The van der Waals surface area contributed by atoms with Gasteiger partial charge in [-0.1, -0.05) is 18.9 Å². The third kappa shape index (κ3) is 3.21. The molecule has 1 aromatic heterocycles. The van der Waals surface area contributed by atoms with Crippen molar-refractivity contribution in [1.29, 1.82) is 0 Å². The summed E-state index contributed by atoms with van der Waals surface area (Å²) in [7, 11) is 1.68. The van der Waals surface area contributed by atoms with Crippen LogP contribution in [0.5, 0.6) is 0 Å². The Bertz CT molecular complexity index is 422. The van der Waals surface area contributed by atoms with Crippen molar-refractivity contribution in [3.05, 3.63) is 34.2 Å². The zero-order valence-electron chi connectivity index (χ0n) is 11.0. The molecule has 0 saturated heterocycles. The molecular weight excluding hydrogens is 228 g/mol. The van der Waals surface area contributed by atoms with Crippen LogP contribution in [0.15, 0.2) is 23.1 Å². The molecule has 0 amide bonds. The van der Waals surface area contributed by atoms with E-state index in [-0.39, 0.29) is 5.56 Å². The van der Waals surface area contributed by atoms with E-state index in [1.807, 2.05) is 22.9 Å². The molecule has 1 aromatic rings. The highest BCUT2D eigenvalue weighted by Gasteiger charge is 2.18. The van der Waals surface area contributed by atoms with Gasteiger partial charge in [0.1, 0.15) is 0 Å². The summed E-state index contributed by atoms with van der Waals surface area (Å²) in [6, 6.07) is 4.30. The number of rotatable bonds is 6. The number of pyridine rings is 1. The van der Waals surface area contributed by atoms with Crippen molar-refractivity contribution in [3.8, 4) is 0 Å². The summed E-state index contributed by atoms with van der Waals surface area (Å²) in [6.07, 6.45) is 6.69. The minimum Gasteiger partial charge on any atom is -0.383 e. The number of nitrogens with one attached hydrogen (secondary N) is 1. The molecule has 100 valence electrons. The standard InChI is InChI=1S/C14H22N2O2/c1-18-10-8-15-11-12-5-4-9-16(14(12)17)13-6-2-3-7-13/h4-5,9,13,15H,2-3,6-8,10-11H2,1H3. The molecule has 1 heterocycles. The van der Waals surface area contributed by atoms with Crippen LogP contribution < -0.4 is 10.9 Å². The minimum absolute atomic E-state index is 0.161. The molecule has 4 heteroatoms. The Labute approximate surface area is 108 Å². The van der Waals surface area contributed by atoms with Crippen LogP contribution in [0.3, 0.4) is 0 Å². The van der Waals surface area contributed by atoms with Crippen molar-refractivity contribution in [2.45, 2.75) is 38.3 Å². The van der Waals surface area contributed by atoms with Gasteiger partial charge in [-0.3, -0.25) is 4.79 Å². The van der Waals surface area contributed by atoms with E-state index in [0.29, 0.717) is 19.2 Å². The van der Waals surface area contributed by atoms with E-state index in [9.17, 15) is 4.79 Å². The van der Waals surface area contributed by atoms with Crippen LogP contribution in [-0.2, 0) is 11.3 Å². The molecule has 0 aromatic carbocycles. The van der Waals surface area contributed by atoms with Crippen LogP contribution in [0, 0.1) is 0 Å². The van der Waals surface area contributed by atoms with Crippen molar-refractivity contribution >= 4 is 0 Å². The van der Waals surface area contributed by atoms with Gasteiger partial charge in [0, 0.05) is 38.0 Å². The van der Waals surface area contributed by atoms with Gasteiger partial charge in [0.25, 0.3) is 5.56 Å². The van der Waals surface area contributed by atoms with Gasteiger partial charge in [-0.25, -0.2) is 0 Å². The largest absolute Gasteiger partial charge is 0.383 e. The van der Waals surface area contributed by atoms with E-state index in [2.05, 4.69) is 5.32 Å². The molecule has 18 heavy (non-hydrogen) atoms. The quantitative estimate of drug-likeness (QED) is 0.781. The average molecular weight is 250 g/mol. The number of nitrogens with zero attached hydrogens (tertiary/aromatic N) is 1. The van der Waals surface area contributed by atoms with Crippen LogP contribution in [0.25, 0.3) is 0 Å². The molecule has 2 rings (SSSR count). The Morgan fingerprint density at radius 1 is 1.44 bits per heavy atom. The fourth-order valence-corrected chi connectivity index (χ4v) is 2.56. The maximum absolute atomic E-state index is 12.3. The van der Waals surface area contributed by atoms with E-state index in [4.69, 9.17) is 4.74 Å². The summed E-state index contributed by atoms with van der Waals surface area (Å²) in [5.41, 5.74) is 1.01. The molecular formula is C14H22N2O2. The highest BCUT2D eigenvalue weighted by Crippen LogP contribution is 2.27. The lowest BCUT2D eigenvalue weighted by molar-refractivity contribution is 0.199. The summed E-state index contributed by atoms with van der Waals surface area (Å²) in [6.45, 7) is 2.06. The fraction of sp³-hybridized carbons (Fsp3) is 0.643. The molecule has 1 saturated carbocycles. The normalized spacial score (nSPS) is 16.3. The average Bonchev–Trinajstić information content (AvgIpc) is 2.90. The van der Waals surface area contributed by atoms with Crippen molar-refractivity contribution < 1.29 is 4.74 Å². The smallest absolute Gasteiger partial charge is 0.255 e. The van der Waals surface area contributed by atoms with Gasteiger partial charge >= 0.3 is 0 Å². The van der Waals surface area contributed by atoms with Crippen LogP contribution in [-0.4, -0.2) is 24.8 Å². The second kappa shape index (κ2) is 6.71. The number of hydrogen-bond donors (Lipinski definition) is 1. The van der Waals surface area contributed by atoms with E-state index >= 15 is 0 Å². The fourth-order valence-electron chi connectivity index (χ4n) is 2.56. The van der Waals surface area contributed by atoms with Crippen molar-refractivity contribution in [2.75, 3.05) is 20.3 Å². The minimum atomic E-state index is 0.161. The Balaban J connectivity index is 2.02. The monoisotopic (exact) mass is 250 g/mol. The highest BCUT2D eigenvalue weighted by molar-refractivity contribution is 5.11. The third-order valence-electron chi connectivity index (χ3n) is 3.57. The first-order chi connectivity index (χ1) is 8.83. The Morgan fingerprint density at radius 3 is 2.94 bits per heavy atom. The third-order valence-corrected chi connectivity index (χ3v) is 3.57. The molecule has 0 aliphatic heterocycles. The number of aromatic nitrogens is 1. The summed E-state index contributed by atoms with van der Waals surface area (Å²) in [5, 5.41) is 3.22. The molecule has 0 atom stereocenters. The maximum Gasteiger partial charge on any atom is 0.255 e. The van der Waals surface area contributed by atoms with Gasteiger partial charge in [-0.15, -0.1) is 0 Å². The molecule has 0 spiro atoms. The molecule has 4 nitrogen and oxygen atoms in total. The first kappa shape index (κ1) is 13.3. The lowest BCUT2D eigenvalue weighted by Crippen LogP contribution is -2.29. The zero-order valence-corrected chi connectivity index (χ0v) is 11.0. The summed E-state index contributed by atoms with van der Waals surface area (Å²) in [5.74, 6) is 0. The molecule has 0 bridgehead atoms. The van der Waals surface area contributed by atoms with Crippen molar-refractivity contribution in [1.82, 2.24) is 9.88 Å². The van der Waals surface area contributed by atoms with Gasteiger partial charge in [0.2, 0.25) is 0 Å². The van der Waals surface area contributed by atoms with Gasteiger partial charge in [0.15, 0.2) is 0 Å². The van der Waals surface area contributed by atoms with Gasteiger partial charge < -0.3 is 14.6 Å². The van der Waals surface area contributed by atoms with Gasteiger partial charge in [0.05, 0.1) is 6.61 Å². The molecule has 0 radical (unpaired) electrons. The topological polar surface area (TPSA) is 43.3 Å². The first-order valence-electron chi connectivity index (χ1n) is 6.72. The molecule has 1 aliphatic carbocycles. The van der Waals surface area contributed by atoms with E-state index < -0.39 is 0 Å². The Hall–Kier alpha value is -1.13. The number of hydrogen-bond acceptors (Lipinski definition) is 3. The van der Waals surface area contributed by atoms with E-state index in [1.54, 1.807) is 7.11 Å². The first-order valence-corrected chi connectivity index (χ1v) is 6.72. The van der Waals surface area contributed by atoms with Crippen LogP contribution in [0.1, 0.15) is 37.3 Å². The zero-order chi connectivity index (χ0) is 12.8. The molecule has 1 fully saturated rings. The van der Waals surface area contributed by atoms with E-state index in [1.165, 1.54) is 12.8 Å². The summed E-state index contributed by atoms with van der Waals surface area (Å²) in [4.78, 5) is 12.3. The molecule has 0 unspecified atom stereocenters. The van der Waals surface area contributed by atoms with Crippen LogP contribution in [0.2, 0.25) is 0 Å². The van der Waals surface area contributed by atoms with Crippen LogP contribution >= 0.6 is 0 Å². The SMILES string of the molecule is COCCNCc1cccn(C2CCCC2)c1=O. The van der Waals surface area contributed by atoms with Crippen molar-refractivity contribution in [2.24, 2.45) is 0 Å². The van der Waals surface area contributed by atoms with Gasteiger partial charge in [-0.2, -0.15) is 0 Å². The Morgan fingerprint density at radius 2 is 2.22 bits per heavy atom. The number of ether oxygens (including phenoxy) is 1. The Kier molecular flexibility index (Phi) is 4.96. The molecule has 1 aliphatic rings. The predicted molar refractivity (Wildman–Crippen MR) is 71.8 cm³/mol. The predicted octanol–water partition coefficient (Wildman–Crippen LogP) is 1.70. The molecule has 1 N–H and O–H groups in total. The second-order valence-electron chi connectivity index (χ2n) is 4.85. The lowest BCUT2D eigenvalue weighted by atomic mass is 10.2. The van der Waals surface area contributed by atoms with Crippen molar-refractivity contribution in [3.63, 3.8) is 0 Å². The number of methoxy groups -OCH3 is 1.